The molecule has 0 aliphatic carbocycles. The predicted octanol–water partition coefficient (Wildman–Crippen LogP) is 7.80. The summed E-state index contributed by atoms with van der Waals surface area (Å²) >= 11 is 0. The van der Waals surface area contributed by atoms with Gasteiger partial charge < -0.3 is 4.74 Å². The summed E-state index contributed by atoms with van der Waals surface area (Å²) in [5.74, 6) is 0.769. The van der Waals surface area contributed by atoms with Gasteiger partial charge in [-0.2, -0.15) is 5.10 Å². The van der Waals surface area contributed by atoms with Gasteiger partial charge in [0.2, 0.25) is 5.91 Å². The Balaban J connectivity index is 1.92. The fourth-order valence-corrected chi connectivity index (χ4v) is 3.76. The van der Waals surface area contributed by atoms with Crippen molar-refractivity contribution in [2.24, 2.45) is 5.10 Å². The normalized spacial score (nSPS) is 11.2. The van der Waals surface area contributed by atoms with Crippen molar-refractivity contribution in [3.8, 4) is 5.75 Å². The van der Waals surface area contributed by atoms with Gasteiger partial charge in [0.05, 0.1) is 12.8 Å². The molecular formula is C27H46N2O2. The molecule has 0 atom stereocenters. The molecule has 4 nitrogen and oxygen atoms in total. The maximum Gasteiger partial charge on any atom is 0.240 e. The Labute approximate surface area is 191 Å². The van der Waals surface area contributed by atoms with Crippen LogP contribution in [0.25, 0.3) is 0 Å². The first-order valence-electron chi connectivity index (χ1n) is 12.8. The lowest BCUT2D eigenvalue weighted by atomic mass is 10.0. The number of hydrogen-bond donors (Lipinski definition) is 1. The van der Waals surface area contributed by atoms with Crippen LogP contribution in [-0.4, -0.2) is 18.7 Å². The van der Waals surface area contributed by atoms with E-state index in [1.54, 1.807) is 6.21 Å². The third-order valence-electron chi connectivity index (χ3n) is 5.62. The van der Waals surface area contributed by atoms with E-state index in [2.05, 4.69) is 17.5 Å². The van der Waals surface area contributed by atoms with Crippen LogP contribution in [-0.2, 0) is 4.79 Å². The van der Waals surface area contributed by atoms with Crippen LogP contribution >= 0.6 is 0 Å². The van der Waals surface area contributed by atoms with Gasteiger partial charge in [-0.05, 0) is 25.5 Å². The number of carbonyl (C=O) groups excluding carboxylic acids is 1. The molecule has 1 rings (SSSR count). The number of rotatable bonds is 20. The first-order chi connectivity index (χ1) is 15.3. The second kappa shape index (κ2) is 20.1. The zero-order chi connectivity index (χ0) is 22.4. The molecule has 0 radical (unpaired) electrons. The molecule has 0 fully saturated rings. The highest BCUT2D eigenvalue weighted by molar-refractivity contribution is 5.85. The molecule has 0 aliphatic rings. The van der Waals surface area contributed by atoms with Crippen LogP contribution in [0.3, 0.4) is 0 Å². The van der Waals surface area contributed by atoms with Gasteiger partial charge in [-0.25, -0.2) is 5.43 Å². The minimum Gasteiger partial charge on any atom is -0.493 e. The molecule has 1 aromatic rings. The Hall–Kier alpha value is -1.84. The maximum absolute atomic E-state index is 11.9. The first kappa shape index (κ1) is 27.2. The molecule has 0 aliphatic heterocycles. The molecule has 1 amide bonds. The van der Waals surface area contributed by atoms with Crippen molar-refractivity contribution in [3.63, 3.8) is 0 Å². The average Bonchev–Trinajstić information content (AvgIpc) is 2.78. The second-order valence-electron chi connectivity index (χ2n) is 8.46. The molecule has 1 N–H and O–H groups in total. The minimum absolute atomic E-state index is 0.0140. The number of hydrogen-bond acceptors (Lipinski definition) is 3. The molecule has 0 bridgehead atoms. The highest BCUT2D eigenvalue weighted by Crippen LogP contribution is 2.16. The Morgan fingerprint density at radius 2 is 1.32 bits per heavy atom. The summed E-state index contributed by atoms with van der Waals surface area (Å²) in [6, 6.07) is 7.69. The highest BCUT2D eigenvalue weighted by Gasteiger charge is 2.01. The summed E-state index contributed by atoms with van der Waals surface area (Å²) in [5.41, 5.74) is 3.50. The number of hydrazone groups is 1. The van der Waals surface area contributed by atoms with Crippen LogP contribution in [0, 0.1) is 0 Å². The number of unbranched alkanes of at least 4 members (excludes halogenated alkanes) is 14. The Kier molecular flexibility index (Phi) is 17.6. The smallest absolute Gasteiger partial charge is 0.240 e. The fourth-order valence-electron chi connectivity index (χ4n) is 3.76. The minimum atomic E-state index is -0.0140. The third kappa shape index (κ3) is 15.6. The monoisotopic (exact) mass is 430 g/mol. The van der Waals surface area contributed by atoms with E-state index in [0.29, 0.717) is 13.0 Å². The lowest BCUT2D eigenvalue weighted by Crippen LogP contribution is -2.17. The van der Waals surface area contributed by atoms with Crippen molar-refractivity contribution < 1.29 is 9.53 Å². The van der Waals surface area contributed by atoms with Gasteiger partial charge in [0.25, 0.3) is 0 Å². The van der Waals surface area contributed by atoms with E-state index in [1.165, 1.54) is 83.5 Å². The number of carbonyl (C=O) groups is 1. The molecule has 0 aromatic heterocycles. The summed E-state index contributed by atoms with van der Waals surface area (Å²) in [6.07, 6.45) is 22.2. The maximum atomic E-state index is 11.9. The summed E-state index contributed by atoms with van der Waals surface area (Å²) < 4.78 is 5.55. The van der Waals surface area contributed by atoms with Gasteiger partial charge in [-0.15, -0.1) is 0 Å². The number of benzene rings is 1. The van der Waals surface area contributed by atoms with Crippen LogP contribution in [0.15, 0.2) is 29.4 Å². The van der Waals surface area contributed by atoms with E-state index < -0.39 is 0 Å². The summed E-state index contributed by atoms with van der Waals surface area (Å²) in [7, 11) is 0. The van der Waals surface area contributed by atoms with E-state index in [-0.39, 0.29) is 5.91 Å². The number of nitrogens with one attached hydrogen (secondary N) is 1. The Morgan fingerprint density at radius 1 is 0.806 bits per heavy atom. The zero-order valence-corrected chi connectivity index (χ0v) is 20.2. The average molecular weight is 431 g/mol. The van der Waals surface area contributed by atoms with E-state index in [4.69, 9.17) is 4.74 Å². The predicted molar refractivity (Wildman–Crippen MR) is 133 cm³/mol. The van der Waals surface area contributed by atoms with Gasteiger partial charge in [0.1, 0.15) is 5.75 Å². The van der Waals surface area contributed by atoms with Crippen molar-refractivity contribution >= 4 is 12.1 Å². The summed E-state index contributed by atoms with van der Waals surface area (Å²) in [4.78, 5) is 11.9. The third-order valence-corrected chi connectivity index (χ3v) is 5.62. The second-order valence-corrected chi connectivity index (χ2v) is 8.46. The lowest BCUT2D eigenvalue weighted by molar-refractivity contribution is -0.121. The van der Waals surface area contributed by atoms with E-state index in [1.807, 2.05) is 31.2 Å². The van der Waals surface area contributed by atoms with Crippen molar-refractivity contribution in [1.82, 2.24) is 5.43 Å². The molecule has 1 aromatic carbocycles. The zero-order valence-electron chi connectivity index (χ0n) is 20.2. The van der Waals surface area contributed by atoms with Crippen LogP contribution < -0.4 is 10.2 Å². The van der Waals surface area contributed by atoms with E-state index in [9.17, 15) is 4.79 Å². The molecule has 176 valence electrons. The highest BCUT2D eigenvalue weighted by atomic mass is 16.5. The Morgan fingerprint density at radius 3 is 1.87 bits per heavy atom. The Bertz CT molecular complexity index is 586. The summed E-state index contributed by atoms with van der Waals surface area (Å²) in [5, 5.41) is 4.07. The fraction of sp³-hybridized carbons (Fsp3) is 0.704. The lowest BCUT2D eigenvalue weighted by Gasteiger charge is -2.06. The van der Waals surface area contributed by atoms with Crippen molar-refractivity contribution in [1.29, 1.82) is 0 Å². The molecule has 0 saturated carbocycles. The van der Waals surface area contributed by atoms with Gasteiger partial charge >= 0.3 is 0 Å². The quantitative estimate of drug-likeness (QED) is 0.130. The summed E-state index contributed by atoms with van der Waals surface area (Å²) in [6.45, 7) is 4.84. The topological polar surface area (TPSA) is 50.7 Å². The molecule has 0 heterocycles. The van der Waals surface area contributed by atoms with Crippen molar-refractivity contribution in [2.75, 3.05) is 6.61 Å². The first-order valence-corrected chi connectivity index (χ1v) is 12.8. The SMILES string of the molecule is CCCCCCCCCCCCCCCCCC(=O)NN=Cc1ccccc1OCC. The number of para-hydroxylation sites is 1. The van der Waals surface area contributed by atoms with Crippen LogP contribution in [0.1, 0.15) is 122 Å². The van der Waals surface area contributed by atoms with Gasteiger partial charge in [0, 0.05) is 12.0 Å². The number of ether oxygens (including phenoxy) is 1. The molecule has 0 spiro atoms. The van der Waals surface area contributed by atoms with Crippen molar-refractivity contribution in [3.05, 3.63) is 29.8 Å². The van der Waals surface area contributed by atoms with Crippen LogP contribution in [0.5, 0.6) is 5.75 Å². The van der Waals surface area contributed by atoms with Crippen LogP contribution in [0.2, 0.25) is 0 Å². The van der Waals surface area contributed by atoms with Gasteiger partial charge in [0.15, 0.2) is 0 Å². The molecule has 31 heavy (non-hydrogen) atoms. The molecule has 0 unspecified atom stereocenters. The number of amides is 1. The molecule has 0 saturated heterocycles. The molecule has 4 heteroatoms. The largest absolute Gasteiger partial charge is 0.493 e. The molecular weight excluding hydrogens is 384 g/mol. The van der Waals surface area contributed by atoms with E-state index >= 15 is 0 Å². The number of nitrogens with zero attached hydrogens (tertiary/aromatic N) is 1. The van der Waals surface area contributed by atoms with Crippen LogP contribution in [0.4, 0.5) is 0 Å². The van der Waals surface area contributed by atoms with Crippen molar-refractivity contribution in [2.45, 2.75) is 117 Å². The van der Waals surface area contributed by atoms with Gasteiger partial charge in [-0.3, -0.25) is 4.79 Å². The standard InChI is InChI=1S/C27H46N2O2/c1-3-5-6-7-8-9-10-11-12-13-14-15-16-17-18-23-27(30)29-28-24-25-21-19-20-22-26(25)31-4-2/h19-22,24H,3-18,23H2,1-2H3,(H,29,30). The van der Waals surface area contributed by atoms with Gasteiger partial charge in [-0.1, -0.05) is 109 Å². The van der Waals surface area contributed by atoms with E-state index in [0.717, 1.165) is 24.2 Å².